The minimum Gasteiger partial charge on any atom is -0.311 e. The van der Waals surface area contributed by atoms with E-state index in [2.05, 4.69) is 14.9 Å². The number of anilines is 1. The van der Waals surface area contributed by atoms with Crippen LogP contribution >= 0.6 is 0 Å². The van der Waals surface area contributed by atoms with Crippen LogP contribution in [0, 0.1) is 5.82 Å². The van der Waals surface area contributed by atoms with Crippen LogP contribution in [0.5, 0.6) is 0 Å². The molecule has 156 valence electrons. The first-order valence-corrected chi connectivity index (χ1v) is 11.2. The summed E-state index contributed by atoms with van der Waals surface area (Å²) in [5, 5.41) is 8.34. The van der Waals surface area contributed by atoms with Crippen molar-refractivity contribution in [1.82, 2.24) is 14.8 Å². The largest absolute Gasteiger partial charge is 0.311 e. The van der Waals surface area contributed by atoms with E-state index in [9.17, 15) is 17.6 Å². The lowest BCUT2D eigenvalue weighted by molar-refractivity contribution is 0.101. The normalized spacial score (nSPS) is 14.1. The molecule has 3 aromatic rings. The fourth-order valence-corrected chi connectivity index (χ4v) is 4.58. The summed E-state index contributed by atoms with van der Waals surface area (Å²) in [5.74, 6) is 0.570. The maximum absolute atomic E-state index is 14.6. The van der Waals surface area contributed by atoms with E-state index in [1.807, 2.05) is 4.57 Å². The highest BCUT2D eigenvalue weighted by Gasteiger charge is 2.20. The molecule has 9 heteroatoms. The third kappa shape index (κ3) is 3.97. The Morgan fingerprint density at radius 2 is 1.83 bits per heavy atom. The standard InChI is InChI=1S/C21H21FN4O3S/c1-14(27)15-6-9-17(10-7-15)30(28,29)25-16-8-11-19(22)18(13-16)21-24-23-20-5-3-2-4-12-26(20)21/h6-11,13,25H,2-5,12H2,1H3. The van der Waals surface area contributed by atoms with Crippen LogP contribution in [0.25, 0.3) is 11.4 Å². The van der Waals surface area contributed by atoms with E-state index in [0.29, 0.717) is 17.9 Å². The lowest BCUT2D eigenvalue weighted by atomic mass is 10.1. The van der Waals surface area contributed by atoms with Crippen LogP contribution in [0.1, 0.15) is 42.4 Å². The molecule has 0 atom stereocenters. The number of aromatic nitrogens is 3. The van der Waals surface area contributed by atoms with E-state index in [4.69, 9.17) is 0 Å². The monoisotopic (exact) mass is 428 g/mol. The molecule has 0 aliphatic carbocycles. The van der Waals surface area contributed by atoms with Gasteiger partial charge in [-0.3, -0.25) is 9.52 Å². The van der Waals surface area contributed by atoms with Gasteiger partial charge < -0.3 is 4.57 Å². The highest BCUT2D eigenvalue weighted by atomic mass is 32.2. The molecule has 7 nitrogen and oxygen atoms in total. The first kappa shape index (κ1) is 20.2. The van der Waals surface area contributed by atoms with E-state index >= 15 is 0 Å². The molecule has 0 radical (unpaired) electrons. The van der Waals surface area contributed by atoms with Crippen molar-refractivity contribution in [1.29, 1.82) is 0 Å². The summed E-state index contributed by atoms with van der Waals surface area (Å²) < 4.78 is 44.4. The Morgan fingerprint density at radius 3 is 2.57 bits per heavy atom. The number of ketones is 1. The minimum absolute atomic E-state index is 0.00900. The van der Waals surface area contributed by atoms with Gasteiger partial charge in [-0.2, -0.15) is 0 Å². The summed E-state index contributed by atoms with van der Waals surface area (Å²) in [5.41, 5.74) is 0.835. The van der Waals surface area contributed by atoms with Gasteiger partial charge in [0.25, 0.3) is 10.0 Å². The van der Waals surface area contributed by atoms with E-state index < -0.39 is 15.8 Å². The van der Waals surface area contributed by atoms with Gasteiger partial charge in [0.2, 0.25) is 0 Å². The Morgan fingerprint density at radius 1 is 1.07 bits per heavy atom. The zero-order valence-corrected chi connectivity index (χ0v) is 17.2. The molecule has 0 unspecified atom stereocenters. The summed E-state index contributed by atoms with van der Waals surface area (Å²) in [6.07, 6.45) is 3.84. The van der Waals surface area contributed by atoms with Gasteiger partial charge in [0, 0.05) is 24.2 Å². The van der Waals surface area contributed by atoms with E-state index in [1.165, 1.54) is 49.4 Å². The lowest BCUT2D eigenvalue weighted by Crippen LogP contribution is -2.13. The number of benzene rings is 2. The van der Waals surface area contributed by atoms with Gasteiger partial charge in [-0.05, 0) is 50.1 Å². The molecule has 1 N–H and O–H groups in total. The van der Waals surface area contributed by atoms with E-state index in [-0.39, 0.29) is 21.9 Å². The van der Waals surface area contributed by atoms with Gasteiger partial charge in [0.15, 0.2) is 11.6 Å². The molecule has 0 spiro atoms. The number of rotatable bonds is 5. The molecule has 2 aromatic carbocycles. The van der Waals surface area contributed by atoms with Crippen LogP contribution < -0.4 is 4.72 Å². The molecular weight excluding hydrogens is 407 g/mol. The SMILES string of the molecule is CC(=O)c1ccc(S(=O)(=O)Nc2ccc(F)c(-c3nnc4n3CCCCC4)c2)cc1. The Balaban J connectivity index is 1.65. The number of carbonyl (C=O) groups excluding carboxylic acids is 1. The van der Waals surface area contributed by atoms with Gasteiger partial charge in [-0.1, -0.05) is 18.6 Å². The molecule has 0 amide bonds. The Hall–Kier alpha value is -3.07. The predicted molar refractivity (Wildman–Crippen MR) is 110 cm³/mol. The highest BCUT2D eigenvalue weighted by molar-refractivity contribution is 7.92. The predicted octanol–water partition coefficient (Wildman–Crippen LogP) is 3.81. The quantitative estimate of drug-likeness (QED) is 0.624. The Kier molecular flexibility index (Phi) is 5.38. The maximum Gasteiger partial charge on any atom is 0.261 e. The maximum atomic E-state index is 14.6. The summed E-state index contributed by atoms with van der Waals surface area (Å²) >= 11 is 0. The van der Waals surface area contributed by atoms with Crippen molar-refractivity contribution < 1.29 is 17.6 Å². The van der Waals surface area contributed by atoms with Crippen molar-refractivity contribution in [2.24, 2.45) is 0 Å². The number of nitrogens with one attached hydrogen (secondary N) is 1. The molecule has 0 saturated carbocycles. The van der Waals surface area contributed by atoms with Crippen LogP contribution in [-0.2, 0) is 23.0 Å². The average Bonchev–Trinajstić information content (AvgIpc) is 2.97. The van der Waals surface area contributed by atoms with Crippen LogP contribution in [-0.4, -0.2) is 29.0 Å². The molecule has 2 heterocycles. The summed E-state index contributed by atoms with van der Waals surface area (Å²) in [6, 6.07) is 9.64. The number of nitrogens with zero attached hydrogens (tertiary/aromatic N) is 3. The molecule has 4 rings (SSSR count). The number of hydrogen-bond donors (Lipinski definition) is 1. The van der Waals surface area contributed by atoms with Crippen LogP contribution in [0.4, 0.5) is 10.1 Å². The van der Waals surface area contributed by atoms with Crippen molar-refractivity contribution in [2.75, 3.05) is 4.72 Å². The molecular formula is C21H21FN4O3S. The minimum atomic E-state index is -3.90. The average molecular weight is 428 g/mol. The van der Waals surface area contributed by atoms with Gasteiger partial charge in [-0.25, -0.2) is 12.8 Å². The third-order valence-electron chi connectivity index (χ3n) is 5.14. The number of aryl methyl sites for hydroxylation is 1. The van der Waals surface area contributed by atoms with Gasteiger partial charge >= 0.3 is 0 Å². The van der Waals surface area contributed by atoms with Crippen molar-refractivity contribution in [3.63, 3.8) is 0 Å². The Bertz CT molecular complexity index is 1200. The smallest absolute Gasteiger partial charge is 0.261 e. The summed E-state index contributed by atoms with van der Waals surface area (Å²) in [7, 11) is -3.90. The second-order valence-corrected chi connectivity index (χ2v) is 8.97. The first-order valence-electron chi connectivity index (χ1n) is 9.71. The van der Waals surface area contributed by atoms with Crippen molar-refractivity contribution in [3.8, 4) is 11.4 Å². The Labute approximate surface area is 174 Å². The number of Topliss-reactive ketones (excluding diaryl/α,β-unsaturated/α-hetero) is 1. The lowest BCUT2D eigenvalue weighted by Gasteiger charge is -2.12. The van der Waals surface area contributed by atoms with Gasteiger partial charge in [0.05, 0.1) is 10.5 Å². The number of halogens is 1. The summed E-state index contributed by atoms with van der Waals surface area (Å²) in [6.45, 7) is 2.11. The number of sulfonamides is 1. The van der Waals surface area contributed by atoms with Crippen molar-refractivity contribution >= 4 is 21.5 Å². The zero-order chi connectivity index (χ0) is 21.3. The number of hydrogen-bond acceptors (Lipinski definition) is 5. The molecule has 30 heavy (non-hydrogen) atoms. The van der Waals surface area contributed by atoms with Gasteiger partial charge in [0.1, 0.15) is 11.6 Å². The molecule has 0 saturated heterocycles. The second kappa shape index (κ2) is 7.98. The van der Waals surface area contributed by atoms with E-state index in [0.717, 1.165) is 31.5 Å². The topological polar surface area (TPSA) is 93.9 Å². The molecule has 1 aliphatic heterocycles. The fraction of sp³-hybridized carbons (Fsp3) is 0.286. The third-order valence-corrected chi connectivity index (χ3v) is 6.54. The first-order chi connectivity index (χ1) is 14.3. The van der Waals surface area contributed by atoms with Crippen LogP contribution in [0.15, 0.2) is 47.4 Å². The molecule has 1 aromatic heterocycles. The highest BCUT2D eigenvalue weighted by Crippen LogP contribution is 2.28. The van der Waals surface area contributed by atoms with E-state index in [1.54, 1.807) is 0 Å². The summed E-state index contributed by atoms with van der Waals surface area (Å²) in [4.78, 5) is 11.4. The fourth-order valence-electron chi connectivity index (χ4n) is 3.53. The molecule has 0 fully saturated rings. The second-order valence-electron chi connectivity index (χ2n) is 7.28. The molecule has 1 aliphatic rings. The van der Waals surface area contributed by atoms with Crippen LogP contribution in [0.3, 0.4) is 0 Å². The van der Waals surface area contributed by atoms with Crippen LogP contribution in [0.2, 0.25) is 0 Å². The van der Waals surface area contributed by atoms with Crippen molar-refractivity contribution in [2.45, 2.75) is 44.0 Å². The van der Waals surface area contributed by atoms with Crippen molar-refractivity contribution in [3.05, 3.63) is 59.7 Å². The number of fused-ring (bicyclic) bond motifs is 1. The molecule has 0 bridgehead atoms. The number of carbonyl (C=O) groups is 1. The van der Waals surface area contributed by atoms with Gasteiger partial charge in [-0.15, -0.1) is 10.2 Å². The zero-order valence-electron chi connectivity index (χ0n) is 16.4.